The molecular formula is C19H21FN2O4. The van der Waals surface area contributed by atoms with Gasteiger partial charge in [-0.15, -0.1) is 0 Å². The van der Waals surface area contributed by atoms with Crippen LogP contribution in [0.15, 0.2) is 48.5 Å². The summed E-state index contributed by atoms with van der Waals surface area (Å²) in [4.78, 5) is 25.8. The summed E-state index contributed by atoms with van der Waals surface area (Å²) in [5, 5.41) is 2.72. The number of ether oxygens (including phenoxy) is 2. The molecule has 0 bridgehead atoms. The van der Waals surface area contributed by atoms with E-state index in [1.807, 2.05) is 0 Å². The summed E-state index contributed by atoms with van der Waals surface area (Å²) >= 11 is 0. The summed E-state index contributed by atoms with van der Waals surface area (Å²) in [5.74, 6) is -0.0310. The number of hydrogen-bond acceptors (Lipinski definition) is 4. The van der Waals surface area contributed by atoms with E-state index in [2.05, 4.69) is 5.32 Å². The molecule has 7 heteroatoms. The van der Waals surface area contributed by atoms with Gasteiger partial charge in [0.05, 0.1) is 13.7 Å². The van der Waals surface area contributed by atoms with Crippen molar-refractivity contribution in [2.45, 2.75) is 6.92 Å². The van der Waals surface area contributed by atoms with Gasteiger partial charge in [0.1, 0.15) is 17.3 Å². The van der Waals surface area contributed by atoms with Crippen molar-refractivity contribution in [3.8, 4) is 11.5 Å². The highest BCUT2D eigenvalue weighted by molar-refractivity contribution is 5.94. The molecule has 0 spiro atoms. The van der Waals surface area contributed by atoms with Gasteiger partial charge in [0.2, 0.25) is 5.91 Å². The zero-order valence-electron chi connectivity index (χ0n) is 14.7. The van der Waals surface area contributed by atoms with E-state index in [9.17, 15) is 14.0 Å². The van der Waals surface area contributed by atoms with Crippen LogP contribution in [0, 0.1) is 5.82 Å². The number of methoxy groups -OCH3 is 1. The Bertz CT molecular complexity index is 749. The average molecular weight is 360 g/mol. The second-order valence-electron chi connectivity index (χ2n) is 5.43. The number of rotatable bonds is 8. The van der Waals surface area contributed by atoms with Crippen LogP contribution in [0.5, 0.6) is 11.5 Å². The summed E-state index contributed by atoms with van der Waals surface area (Å²) in [7, 11) is 1.54. The highest BCUT2D eigenvalue weighted by Gasteiger charge is 2.16. The van der Waals surface area contributed by atoms with Gasteiger partial charge in [-0.1, -0.05) is 6.07 Å². The van der Waals surface area contributed by atoms with Crippen LogP contribution in [-0.4, -0.2) is 43.5 Å². The Morgan fingerprint density at radius 2 is 1.85 bits per heavy atom. The van der Waals surface area contributed by atoms with Gasteiger partial charge in [-0.3, -0.25) is 9.59 Å². The number of nitrogens with zero attached hydrogens (tertiary/aromatic N) is 1. The molecule has 2 aromatic rings. The molecule has 0 aromatic heterocycles. The Kier molecular flexibility index (Phi) is 6.96. The van der Waals surface area contributed by atoms with E-state index in [0.717, 1.165) is 0 Å². The van der Waals surface area contributed by atoms with Crippen LogP contribution in [0.2, 0.25) is 0 Å². The van der Waals surface area contributed by atoms with Crippen molar-refractivity contribution in [2.24, 2.45) is 0 Å². The fraction of sp³-hybridized carbons (Fsp3) is 0.263. The molecule has 0 aliphatic carbocycles. The molecule has 0 atom stereocenters. The first-order chi connectivity index (χ1) is 12.5. The summed E-state index contributed by atoms with van der Waals surface area (Å²) in [5.41, 5.74) is 0.584. The number of carbonyl (C=O) groups excluding carboxylic acids is 2. The number of amides is 2. The Morgan fingerprint density at radius 3 is 2.50 bits per heavy atom. The van der Waals surface area contributed by atoms with Crippen molar-refractivity contribution >= 4 is 17.5 Å². The van der Waals surface area contributed by atoms with Crippen molar-refractivity contribution in [1.82, 2.24) is 4.90 Å². The van der Waals surface area contributed by atoms with E-state index < -0.39 is 0 Å². The highest BCUT2D eigenvalue weighted by Crippen LogP contribution is 2.16. The smallest absolute Gasteiger partial charge is 0.260 e. The first-order valence-corrected chi connectivity index (χ1v) is 8.12. The van der Waals surface area contributed by atoms with E-state index in [1.54, 1.807) is 38.3 Å². The third kappa shape index (κ3) is 5.77. The zero-order chi connectivity index (χ0) is 18.9. The largest absolute Gasteiger partial charge is 0.497 e. The molecule has 0 unspecified atom stereocenters. The maximum absolute atomic E-state index is 12.9. The molecule has 0 saturated heterocycles. The Hall–Kier alpha value is -3.09. The Balaban J connectivity index is 1.87. The second kappa shape index (κ2) is 9.41. The molecule has 138 valence electrons. The van der Waals surface area contributed by atoms with Gasteiger partial charge >= 0.3 is 0 Å². The Labute approximate surface area is 151 Å². The van der Waals surface area contributed by atoms with Crippen LogP contribution in [0.25, 0.3) is 0 Å². The molecule has 2 aromatic carbocycles. The van der Waals surface area contributed by atoms with Crippen molar-refractivity contribution in [3.05, 3.63) is 54.3 Å². The standard InChI is InChI=1S/C19H21FN2O4/c1-3-22(19(24)13-26-16-9-7-14(20)8-10-16)12-18(23)21-15-5-4-6-17(11-15)25-2/h4-11H,3,12-13H2,1-2H3,(H,21,23). The maximum atomic E-state index is 12.9. The quantitative estimate of drug-likeness (QED) is 0.786. The van der Waals surface area contributed by atoms with Crippen LogP contribution in [0.1, 0.15) is 6.92 Å². The van der Waals surface area contributed by atoms with E-state index >= 15 is 0 Å². The molecular weight excluding hydrogens is 339 g/mol. The van der Waals surface area contributed by atoms with Crippen LogP contribution in [-0.2, 0) is 9.59 Å². The van der Waals surface area contributed by atoms with Gasteiger partial charge in [0, 0.05) is 18.3 Å². The molecule has 2 rings (SSSR count). The van der Waals surface area contributed by atoms with Crippen LogP contribution in [0.4, 0.5) is 10.1 Å². The van der Waals surface area contributed by atoms with Crippen LogP contribution in [0.3, 0.4) is 0 Å². The topological polar surface area (TPSA) is 67.9 Å². The van der Waals surface area contributed by atoms with Crippen LogP contribution < -0.4 is 14.8 Å². The molecule has 6 nitrogen and oxygen atoms in total. The maximum Gasteiger partial charge on any atom is 0.260 e. The van der Waals surface area contributed by atoms with Gasteiger partial charge in [0.15, 0.2) is 6.61 Å². The minimum atomic E-state index is -0.381. The van der Waals surface area contributed by atoms with Gasteiger partial charge in [-0.05, 0) is 43.3 Å². The molecule has 0 radical (unpaired) electrons. The van der Waals surface area contributed by atoms with Crippen molar-refractivity contribution in [3.63, 3.8) is 0 Å². The minimum absolute atomic E-state index is 0.0979. The molecule has 2 amide bonds. The number of benzene rings is 2. The van der Waals surface area contributed by atoms with Gasteiger partial charge in [-0.2, -0.15) is 0 Å². The number of carbonyl (C=O) groups is 2. The molecule has 0 saturated carbocycles. The molecule has 0 fully saturated rings. The first kappa shape index (κ1) is 19.2. The van der Waals surface area contributed by atoms with E-state index in [-0.39, 0.29) is 30.8 Å². The highest BCUT2D eigenvalue weighted by atomic mass is 19.1. The SMILES string of the molecule is CCN(CC(=O)Nc1cccc(OC)c1)C(=O)COc1ccc(F)cc1. The van der Waals surface area contributed by atoms with Crippen molar-refractivity contribution < 1.29 is 23.5 Å². The minimum Gasteiger partial charge on any atom is -0.497 e. The summed E-state index contributed by atoms with van der Waals surface area (Å²) < 4.78 is 23.3. The van der Waals surface area contributed by atoms with Gasteiger partial charge < -0.3 is 19.7 Å². The summed E-state index contributed by atoms with van der Waals surface area (Å²) in [6.07, 6.45) is 0. The molecule has 1 N–H and O–H groups in total. The number of halogens is 1. The lowest BCUT2D eigenvalue weighted by Gasteiger charge is -2.20. The predicted molar refractivity (Wildman–Crippen MR) is 95.8 cm³/mol. The molecule has 0 aliphatic rings. The monoisotopic (exact) mass is 360 g/mol. The number of hydrogen-bond donors (Lipinski definition) is 1. The molecule has 0 heterocycles. The summed E-state index contributed by atoms with van der Waals surface area (Å²) in [6.45, 7) is 1.80. The first-order valence-electron chi connectivity index (χ1n) is 8.12. The molecule has 0 aliphatic heterocycles. The van der Waals surface area contributed by atoms with Crippen LogP contribution >= 0.6 is 0 Å². The second-order valence-corrected chi connectivity index (χ2v) is 5.43. The average Bonchev–Trinajstić information content (AvgIpc) is 2.65. The number of anilines is 1. The fourth-order valence-corrected chi connectivity index (χ4v) is 2.22. The van der Waals surface area contributed by atoms with E-state index in [1.165, 1.54) is 29.2 Å². The summed E-state index contributed by atoms with van der Waals surface area (Å²) in [6, 6.07) is 12.3. The lowest BCUT2D eigenvalue weighted by Crippen LogP contribution is -2.40. The van der Waals surface area contributed by atoms with E-state index in [4.69, 9.17) is 9.47 Å². The Morgan fingerprint density at radius 1 is 1.12 bits per heavy atom. The lowest BCUT2D eigenvalue weighted by atomic mass is 10.3. The van der Waals surface area contributed by atoms with Crippen molar-refractivity contribution in [2.75, 3.05) is 32.1 Å². The predicted octanol–water partition coefficient (Wildman–Crippen LogP) is 2.70. The normalized spacial score (nSPS) is 10.1. The number of likely N-dealkylation sites (N-methyl/N-ethyl adjacent to an activating group) is 1. The lowest BCUT2D eigenvalue weighted by molar-refractivity contribution is -0.136. The van der Waals surface area contributed by atoms with E-state index in [0.29, 0.717) is 23.7 Å². The van der Waals surface area contributed by atoms with Gasteiger partial charge in [-0.25, -0.2) is 4.39 Å². The van der Waals surface area contributed by atoms with Crippen molar-refractivity contribution in [1.29, 1.82) is 0 Å². The molecule has 26 heavy (non-hydrogen) atoms. The number of nitrogens with one attached hydrogen (secondary N) is 1. The third-order valence-corrected chi connectivity index (χ3v) is 3.60. The zero-order valence-corrected chi connectivity index (χ0v) is 14.7. The van der Waals surface area contributed by atoms with Gasteiger partial charge in [0.25, 0.3) is 5.91 Å². The fourth-order valence-electron chi connectivity index (χ4n) is 2.22. The third-order valence-electron chi connectivity index (χ3n) is 3.60.